The molecule has 0 aliphatic carbocycles. The third-order valence-corrected chi connectivity index (χ3v) is 5.52. The van der Waals surface area contributed by atoms with Gasteiger partial charge in [-0.25, -0.2) is 14.8 Å². The molecule has 17 heteroatoms. The number of rotatable bonds is 17. The molecule has 11 N–H and O–H groups in total. The number of carbonyl (C=O) groups is 6. The second-order valence-corrected chi connectivity index (χ2v) is 8.63. The van der Waals surface area contributed by atoms with Crippen LogP contribution in [0.5, 0.6) is 0 Å². The highest BCUT2D eigenvalue weighted by atomic mass is 16.4. The second kappa shape index (κ2) is 14.8. The zero-order valence-corrected chi connectivity index (χ0v) is 20.8. The first-order chi connectivity index (χ1) is 18.5. The molecule has 0 saturated heterocycles. The summed E-state index contributed by atoms with van der Waals surface area (Å²) in [6, 6.07) is -5.33. The molecule has 0 fully saturated rings. The lowest BCUT2D eigenvalue weighted by Crippen LogP contribution is -2.58. The number of aliphatic carboxylic acids is 2. The fourth-order valence-corrected chi connectivity index (χ4v) is 3.43. The predicted octanol–water partition coefficient (Wildman–Crippen LogP) is -3.09. The monoisotopic (exact) mass is 549 g/mol. The molecule has 39 heavy (non-hydrogen) atoms. The van der Waals surface area contributed by atoms with Gasteiger partial charge in [0, 0.05) is 49.5 Å². The molecule has 2 rings (SSSR count). The van der Waals surface area contributed by atoms with Crippen molar-refractivity contribution in [1.29, 1.82) is 0 Å². The predicted molar refractivity (Wildman–Crippen MR) is 131 cm³/mol. The molecule has 17 nitrogen and oxygen atoms in total. The van der Waals surface area contributed by atoms with Crippen LogP contribution < -0.4 is 27.4 Å². The minimum Gasteiger partial charge on any atom is -0.481 e. The standard InChI is InChI=1S/C22H31N9O8/c23-13(1-3-17(24)32)19(35)29-14(2-4-18(33)34)20(36)30-15(5-11-7-25-9-27-11)21(37)31-16(22(38)39)6-12-8-26-10-28-12/h7-10,13-16H,1-6,23H2,(H2,24,32)(H,25,27)(H,26,28)(H,29,35)(H,30,36)(H,31,37)(H,33,34)(H,38,39). The summed E-state index contributed by atoms with van der Waals surface area (Å²) in [5.41, 5.74) is 11.7. The maximum atomic E-state index is 13.1. The van der Waals surface area contributed by atoms with Crippen LogP contribution in [0.3, 0.4) is 0 Å². The number of hydrogen-bond acceptors (Lipinski definition) is 9. The molecule has 0 aromatic carbocycles. The van der Waals surface area contributed by atoms with Gasteiger partial charge in [-0.05, 0) is 12.8 Å². The van der Waals surface area contributed by atoms with E-state index in [0.29, 0.717) is 11.4 Å². The van der Waals surface area contributed by atoms with Crippen molar-refractivity contribution < 1.29 is 39.0 Å². The van der Waals surface area contributed by atoms with Crippen LogP contribution >= 0.6 is 0 Å². The SMILES string of the molecule is NC(=O)CCC(N)C(=O)NC(CCC(=O)O)C(=O)NC(Cc1cnc[nH]1)C(=O)NC(Cc1cnc[nH]1)C(=O)O. The number of carbonyl (C=O) groups excluding carboxylic acids is 4. The first-order valence-corrected chi connectivity index (χ1v) is 11.8. The van der Waals surface area contributed by atoms with Gasteiger partial charge in [0.1, 0.15) is 18.1 Å². The van der Waals surface area contributed by atoms with Crippen molar-refractivity contribution in [3.8, 4) is 0 Å². The quantitative estimate of drug-likeness (QED) is 0.0952. The van der Waals surface area contributed by atoms with Crippen molar-refractivity contribution >= 4 is 35.6 Å². The molecule has 4 atom stereocenters. The summed E-state index contributed by atoms with van der Waals surface area (Å²) in [6.07, 6.45) is 4.10. The Hall–Kier alpha value is -4.80. The molecule has 0 aliphatic rings. The fourth-order valence-electron chi connectivity index (χ4n) is 3.43. The highest BCUT2D eigenvalue weighted by molar-refractivity contribution is 5.94. The van der Waals surface area contributed by atoms with Crippen molar-refractivity contribution in [1.82, 2.24) is 35.9 Å². The van der Waals surface area contributed by atoms with Crippen molar-refractivity contribution in [2.24, 2.45) is 11.5 Å². The minimum atomic E-state index is -1.41. The minimum absolute atomic E-state index is 0.105. The van der Waals surface area contributed by atoms with Gasteiger partial charge >= 0.3 is 11.9 Å². The number of aromatic amines is 2. The normalized spacial score (nSPS) is 13.9. The van der Waals surface area contributed by atoms with Crippen molar-refractivity contribution in [3.05, 3.63) is 36.4 Å². The molecule has 2 heterocycles. The molecular weight excluding hydrogens is 518 g/mol. The number of aromatic nitrogens is 4. The average molecular weight is 550 g/mol. The van der Waals surface area contributed by atoms with E-state index in [2.05, 4.69) is 35.9 Å². The Balaban J connectivity index is 2.19. The number of hydrogen-bond donors (Lipinski definition) is 9. The Bertz CT molecular complexity index is 1140. The van der Waals surface area contributed by atoms with E-state index in [-0.39, 0.29) is 32.1 Å². The van der Waals surface area contributed by atoms with E-state index in [1.165, 1.54) is 25.0 Å². The number of carboxylic acid groups (broad SMARTS) is 2. The molecule has 0 spiro atoms. The maximum Gasteiger partial charge on any atom is 0.326 e. The van der Waals surface area contributed by atoms with Gasteiger partial charge in [-0.15, -0.1) is 0 Å². The van der Waals surface area contributed by atoms with Gasteiger partial charge in [0.15, 0.2) is 0 Å². The summed E-state index contributed by atoms with van der Waals surface area (Å²) in [5, 5.41) is 25.8. The van der Waals surface area contributed by atoms with E-state index in [4.69, 9.17) is 16.6 Å². The maximum absolute atomic E-state index is 13.1. The topological polar surface area (TPSA) is 288 Å². The summed E-state index contributed by atoms with van der Waals surface area (Å²) in [5.74, 6) is -5.85. The van der Waals surface area contributed by atoms with Gasteiger partial charge in [0.05, 0.1) is 18.7 Å². The lowest BCUT2D eigenvalue weighted by molar-refractivity contribution is -0.142. The number of imidazole rings is 2. The van der Waals surface area contributed by atoms with Crippen molar-refractivity contribution in [2.75, 3.05) is 0 Å². The Morgan fingerprint density at radius 3 is 1.77 bits per heavy atom. The fraction of sp³-hybridized carbons (Fsp3) is 0.455. The van der Waals surface area contributed by atoms with Gasteiger partial charge in [-0.3, -0.25) is 24.0 Å². The van der Waals surface area contributed by atoms with E-state index >= 15 is 0 Å². The third kappa shape index (κ3) is 10.6. The van der Waals surface area contributed by atoms with Gasteiger partial charge in [-0.1, -0.05) is 0 Å². The van der Waals surface area contributed by atoms with Gasteiger partial charge in [-0.2, -0.15) is 0 Å². The molecule has 4 unspecified atom stereocenters. The van der Waals surface area contributed by atoms with Crippen LogP contribution in [0, 0.1) is 0 Å². The lowest BCUT2D eigenvalue weighted by atomic mass is 10.1. The number of H-pyrrole nitrogens is 2. The molecule has 2 aromatic rings. The van der Waals surface area contributed by atoms with Crippen LogP contribution in [0.25, 0.3) is 0 Å². The molecule has 212 valence electrons. The summed E-state index contributed by atoms with van der Waals surface area (Å²) < 4.78 is 0. The number of nitrogens with zero attached hydrogens (tertiary/aromatic N) is 2. The molecule has 2 aromatic heterocycles. The molecule has 0 saturated carbocycles. The van der Waals surface area contributed by atoms with Crippen LogP contribution in [-0.4, -0.2) is 89.9 Å². The van der Waals surface area contributed by atoms with Crippen LogP contribution in [0.1, 0.15) is 37.1 Å². The third-order valence-electron chi connectivity index (χ3n) is 5.52. The number of amides is 4. The van der Waals surface area contributed by atoms with Crippen LogP contribution in [0.4, 0.5) is 0 Å². The average Bonchev–Trinajstić information content (AvgIpc) is 3.58. The number of nitrogens with two attached hydrogens (primary N) is 2. The first-order valence-electron chi connectivity index (χ1n) is 11.8. The molecule has 0 aliphatic heterocycles. The Morgan fingerprint density at radius 1 is 0.769 bits per heavy atom. The molecule has 4 amide bonds. The summed E-state index contributed by atoms with van der Waals surface area (Å²) >= 11 is 0. The van der Waals surface area contributed by atoms with Crippen LogP contribution in [0.15, 0.2) is 25.0 Å². The van der Waals surface area contributed by atoms with Crippen molar-refractivity contribution in [2.45, 2.75) is 62.7 Å². The summed E-state index contributed by atoms with van der Waals surface area (Å²) in [6.45, 7) is 0. The summed E-state index contributed by atoms with van der Waals surface area (Å²) in [7, 11) is 0. The Kier molecular flexibility index (Phi) is 11.6. The number of primary amides is 1. The van der Waals surface area contributed by atoms with E-state index in [0.717, 1.165) is 0 Å². The van der Waals surface area contributed by atoms with Crippen LogP contribution in [0.2, 0.25) is 0 Å². The lowest BCUT2D eigenvalue weighted by Gasteiger charge is -2.25. The number of nitrogens with one attached hydrogen (secondary N) is 5. The van der Waals surface area contributed by atoms with Gasteiger partial charge < -0.3 is 47.6 Å². The number of carboxylic acids is 2. The van der Waals surface area contributed by atoms with E-state index in [1.807, 2.05) is 0 Å². The molecule has 0 radical (unpaired) electrons. The highest BCUT2D eigenvalue weighted by Gasteiger charge is 2.31. The van der Waals surface area contributed by atoms with Crippen molar-refractivity contribution in [3.63, 3.8) is 0 Å². The van der Waals surface area contributed by atoms with E-state index in [9.17, 15) is 33.9 Å². The van der Waals surface area contributed by atoms with Gasteiger partial charge in [0.2, 0.25) is 23.6 Å². The molecule has 0 bridgehead atoms. The smallest absolute Gasteiger partial charge is 0.326 e. The zero-order chi connectivity index (χ0) is 28.9. The van der Waals surface area contributed by atoms with Crippen LogP contribution in [-0.2, 0) is 41.6 Å². The zero-order valence-electron chi connectivity index (χ0n) is 20.8. The van der Waals surface area contributed by atoms with E-state index < -0.39 is 66.2 Å². The largest absolute Gasteiger partial charge is 0.481 e. The highest BCUT2D eigenvalue weighted by Crippen LogP contribution is 2.06. The molecular formula is C22H31N9O8. The van der Waals surface area contributed by atoms with Gasteiger partial charge in [0.25, 0.3) is 0 Å². The Morgan fingerprint density at radius 2 is 1.28 bits per heavy atom. The van der Waals surface area contributed by atoms with E-state index in [1.54, 1.807) is 0 Å². The first kappa shape index (κ1) is 30.4. The second-order valence-electron chi connectivity index (χ2n) is 8.63. The Labute approximate surface area is 221 Å². The summed E-state index contributed by atoms with van der Waals surface area (Å²) in [4.78, 5) is 85.8.